The maximum absolute atomic E-state index is 11.3. The van der Waals surface area contributed by atoms with Gasteiger partial charge in [-0.3, -0.25) is 0 Å². The van der Waals surface area contributed by atoms with Gasteiger partial charge in [0.25, 0.3) is 0 Å². The SMILES string of the molecule is CC(Nc1nccc(C#N)n1)(C(=O)O)C1CC1. The van der Waals surface area contributed by atoms with Crippen molar-refractivity contribution in [2.45, 2.75) is 25.3 Å². The quantitative estimate of drug-likeness (QED) is 0.803. The summed E-state index contributed by atoms with van der Waals surface area (Å²) < 4.78 is 0. The first-order valence-electron chi connectivity index (χ1n) is 5.31. The monoisotopic (exact) mass is 232 g/mol. The highest BCUT2D eigenvalue weighted by Gasteiger charge is 2.48. The van der Waals surface area contributed by atoms with Crippen LogP contribution in [0.5, 0.6) is 0 Å². The molecule has 0 radical (unpaired) electrons. The first-order valence-corrected chi connectivity index (χ1v) is 5.31. The van der Waals surface area contributed by atoms with Crippen molar-refractivity contribution in [1.82, 2.24) is 9.97 Å². The molecule has 6 heteroatoms. The Bertz CT molecular complexity index is 492. The molecule has 88 valence electrons. The van der Waals surface area contributed by atoms with E-state index in [1.54, 1.807) is 6.92 Å². The third kappa shape index (κ3) is 2.18. The van der Waals surface area contributed by atoms with Crippen LogP contribution in [0.1, 0.15) is 25.5 Å². The van der Waals surface area contributed by atoms with Crippen molar-refractivity contribution in [2.75, 3.05) is 5.32 Å². The number of nitriles is 1. The average Bonchev–Trinajstić information content (AvgIpc) is 3.13. The van der Waals surface area contributed by atoms with Gasteiger partial charge in [0, 0.05) is 6.20 Å². The van der Waals surface area contributed by atoms with Crippen molar-refractivity contribution in [2.24, 2.45) is 5.92 Å². The Labute approximate surface area is 98.3 Å². The Kier molecular flexibility index (Phi) is 2.68. The van der Waals surface area contributed by atoms with Crippen molar-refractivity contribution >= 4 is 11.9 Å². The van der Waals surface area contributed by atoms with Crippen molar-refractivity contribution in [3.05, 3.63) is 18.0 Å². The number of carboxylic acid groups (broad SMARTS) is 1. The Morgan fingerprint density at radius 2 is 2.41 bits per heavy atom. The van der Waals surface area contributed by atoms with Crippen LogP contribution >= 0.6 is 0 Å². The molecule has 1 aliphatic rings. The third-order valence-electron chi connectivity index (χ3n) is 2.98. The van der Waals surface area contributed by atoms with Gasteiger partial charge in [0.1, 0.15) is 17.3 Å². The summed E-state index contributed by atoms with van der Waals surface area (Å²) in [5, 5.41) is 20.8. The lowest BCUT2D eigenvalue weighted by Gasteiger charge is -2.25. The number of hydrogen-bond acceptors (Lipinski definition) is 5. The fourth-order valence-electron chi connectivity index (χ4n) is 1.70. The smallest absolute Gasteiger partial charge is 0.329 e. The lowest BCUT2D eigenvalue weighted by atomic mass is 9.96. The van der Waals surface area contributed by atoms with Gasteiger partial charge in [0.05, 0.1) is 0 Å². The first kappa shape index (κ1) is 11.3. The maximum atomic E-state index is 11.3. The predicted molar refractivity (Wildman–Crippen MR) is 59.1 cm³/mol. The third-order valence-corrected chi connectivity index (χ3v) is 2.98. The van der Waals surface area contributed by atoms with Crippen LogP contribution in [0.15, 0.2) is 12.3 Å². The minimum atomic E-state index is -1.06. The minimum absolute atomic E-state index is 0.0920. The highest BCUT2D eigenvalue weighted by molar-refractivity contribution is 5.82. The van der Waals surface area contributed by atoms with E-state index in [0.717, 1.165) is 12.8 Å². The molecular weight excluding hydrogens is 220 g/mol. The summed E-state index contributed by atoms with van der Waals surface area (Å²) in [6.45, 7) is 1.62. The fraction of sp³-hybridized carbons (Fsp3) is 0.455. The van der Waals surface area contributed by atoms with Crippen LogP contribution in [0, 0.1) is 17.2 Å². The van der Waals surface area contributed by atoms with E-state index in [9.17, 15) is 9.90 Å². The van der Waals surface area contributed by atoms with Crippen LogP contribution in [0.2, 0.25) is 0 Å². The normalized spacial score (nSPS) is 17.9. The van der Waals surface area contributed by atoms with E-state index in [2.05, 4.69) is 15.3 Å². The molecule has 6 nitrogen and oxygen atoms in total. The Hall–Kier alpha value is -2.16. The summed E-state index contributed by atoms with van der Waals surface area (Å²) >= 11 is 0. The molecule has 2 rings (SSSR count). The molecule has 0 saturated heterocycles. The average molecular weight is 232 g/mol. The summed E-state index contributed by atoms with van der Waals surface area (Å²) in [5.41, 5.74) is -0.848. The first-order chi connectivity index (χ1) is 8.06. The molecule has 0 aliphatic heterocycles. The Balaban J connectivity index is 2.23. The summed E-state index contributed by atoms with van der Waals surface area (Å²) in [6, 6.07) is 3.36. The van der Waals surface area contributed by atoms with Crippen LogP contribution in [-0.2, 0) is 4.79 Å². The van der Waals surface area contributed by atoms with Crippen LogP contribution in [0.3, 0.4) is 0 Å². The molecule has 1 saturated carbocycles. The van der Waals surface area contributed by atoms with E-state index in [4.69, 9.17) is 5.26 Å². The highest BCUT2D eigenvalue weighted by atomic mass is 16.4. The van der Waals surface area contributed by atoms with Crippen LogP contribution in [-0.4, -0.2) is 26.6 Å². The van der Waals surface area contributed by atoms with E-state index in [-0.39, 0.29) is 17.6 Å². The number of nitrogens with zero attached hydrogens (tertiary/aromatic N) is 3. The standard InChI is InChI=1S/C11H12N4O2/c1-11(9(16)17,7-2-3-7)15-10-13-5-4-8(6-12)14-10/h4-5,7H,2-3H2,1H3,(H,16,17)(H,13,14,15). The van der Waals surface area contributed by atoms with Gasteiger partial charge < -0.3 is 10.4 Å². The van der Waals surface area contributed by atoms with Gasteiger partial charge in [0.15, 0.2) is 0 Å². The van der Waals surface area contributed by atoms with Gasteiger partial charge in [-0.2, -0.15) is 5.26 Å². The van der Waals surface area contributed by atoms with Gasteiger partial charge >= 0.3 is 5.97 Å². The molecule has 1 fully saturated rings. The summed E-state index contributed by atoms with van der Waals surface area (Å²) in [4.78, 5) is 19.1. The molecule has 1 aromatic rings. The van der Waals surface area contributed by atoms with Crippen molar-refractivity contribution < 1.29 is 9.90 Å². The molecule has 1 unspecified atom stereocenters. The van der Waals surface area contributed by atoms with E-state index in [1.165, 1.54) is 12.3 Å². The van der Waals surface area contributed by atoms with Crippen LogP contribution in [0.25, 0.3) is 0 Å². The topological polar surface area (TPSA) is 98.9 Å². The second-order valence-corrected chi connectivity index (χ2v) is 4.28. The number of carboxylic acids is 1. The summed E-state index contributed by atoms with van der Waals surface area (Å²) in [5.74, 6) is -0.652. The number of anilines is 1. The summed E-state index contributed by atoms with van der Waals surface area (Å²) in [6.07, 6.45) is 3.20. The molecule has 1 aromatic heterocycles. The van der Waals surface area contributed by atoms with Gasteiger partial charge in [-0.25, -0.2) is 14.8 Å². The van der Waals surface area contributed by atoms with Gasteiger partial charge in [0.2, 0.25) is 5.95 Å². The minimum Gasteiger partial charge on any atom is -0.480 e. The van der Waals surface area contributed by atoms with E-state index in [1.807, 2.05) is 6.07 Å². The lowest BCUT2D eigenvalue weighted by Crippen LogP contribution is -2.46. The molecular formula is C11H12N4O2. The van der Waals surface area contributed by atoms with Crippen molar-refractivity contribution in [1.29, 1.82) is 5.26 Å². The lowest BCUT2D eigenvalue weighted by molar-refractivity contribution is -0.142. The number of aliphatic carboxylic acids is 1. The number of hydrogen-bond donors (Lipinski definition) is 2. The Morgan fingerprint density at radius 3 is 2.94 bits per heavy atom. The number of rotatable bonds is 4. The van der Waals surface area contributed by atoms with E-state index >= 15 is 0 Å². The van der Waals surface area contributed by atoms with Crippen molar-refractivity contribution in [3.8, 4) is 6.07 Å². The van der Waals surface area contributed by atoms with Gasteiger partial charge in [-0.05, 0) is 31.7 Å². The van der Waals surface area contributed by atoms with Gasteiger partial charge in [-0.1, -0.05) is 0 Å². The summed E-state index contributed by atoms with van der Waals surface area (Å²) in [7, 11) is 0. The van der Waals surface area contributed by atoms with E-state index < -0.39 is 11.5 Å². The zero-order valence-corrected chi connectivity index (χ0v) is 9.34. The molecule has 0 aromatic carbocycles. The number of nitrogens with one attached hydrogen (secondary N) is 1. The second-order valence-electron chi connectivity index (χ2n) is 4.28. The van der Waals surface area contributed by atoms with Crippen molar-refractivity contribution in [3.63, 3.8) is 0 Å². The molecule has 0 spiro atoms. The molecule has 17 heavy (non-hydrogen) atoms. The van der Waals surface area contributed by atoms with Gasteiger partial charge in [-0.15, -0.1) is 0 Å². The largest absolute Gasteiger partial charge is 0.480 e. The number of aromatic nitrogens is 2. The molecule has 2 N–H and O–H groups in total. The zero-order valence-electron chi connectivity index (χ0n) is 9.34. The number of carbonyl (C=O) groups is 1. The molecule has 0 amide bonds. The zero-order chi connectivity index (χ0) is 12.5. The molecule has 1 aliphatic carbocycles. The Morgan fingerprint density at radius 1 is 1.71 bits per heavy atom. The maximum Gasteiger partial charge on any atom is 0.329 e. The van der Waals surface area contributed by atoms with Crippen LogP contribution < -0.4 is 5.32 Å². The fourth-order valence-corrected chi connectivity index (χ4v) is 1.70. The second kappa shape index (κ2) is 4.01. The highest BCUT2D eigenvalue weighted by Crippen LogP contribution is 2.41. The van der Waals surface area contributed by atoms with E-state index in [0.29, 0.717) is 0 Å². The molecule has 0 bridgehead atoms. The molecule has 1 heterocycles. The molecule has 1 atom stereocenters. The van der Waals surface area contributed by atoms with Crippen LogP contribution in [0.4, 0.5) is 5.95 Å². The predicted octanol–water partition coefficient (Wildman–Crippen LogP) is 1.01.